The van der Waals surface area contributed by atoms with E-state index in [4.69, 9.17) is 28.6 Å². The molecule has 26 heavy (non-hydrogen) atoms. The summed E-state index contributed by atoms with van der Waals surface area (Å²) in [6, 6.07) is 10.6. The number of nitrogens with zero attached hydrogens (tertiary/aromatic N) is 4. The molecule has 2 aliphatic rings. The minimum Gasteiger partial charge on any atom is -0.473 e. The maximum Gasteiger partial charge on any atom is 0.314 e. The summed E-state index contributed by atoms with van der Waals surface area (Å²) < 4.78 is 5.70. The van der Waals surface area contributed by atoms with Crippen molar-refractivity contribution in [2.75, 3.05) is 13.1 Å². The van der Waals surface area contributed by atoms with Crippen molar-refractivity contribution < 1.29 is 9.61 Å². The van der Waals surface area contributed by atoms with Crippen LogP contribution in [0.3, 0.4) is 0 Å². The Morgan fingerprint density at radius 3 is 2.65 bits per heavy atom. The van der Waals surface area contributed by atoms with Crippen molar-refractivity contribution in [1.82, 2.24) is 15.1 Å². The van der Waals surface area contributed by atoms with Crippen molar-refractivity contribution >= 4 is 28.8 Å². The van der Waals surface area contributed by atoms with Crippen LogP contribution in [0, 0.1) is 4.91 Å². The Morgan fingerprint density at radius 1 is 1.19 bits per heavy atom. The molecule has 0 radical (unpaired) electrons. The largest absolute Gasteiger partial charge is 0.473 e. The number of benzene rings is 1. The van der Waals surface area contributed by atoms with E-state index in [1.165, 1.54) is 0 Å². The first-order valence-electron chi connectivity index (χ1n) is 8.52. The fourth-order valence-electron chi connectivity index (χ4n) is 3.20. The number of hydrazine groups is 2. The molecule has 134 valence electrons. The standard InChI is InChI=1S/C18H18ClN4O2S/c19-15-6-3-13(4-7-15)12-25-16-8-5-14(11-20-16)17-18(26)21-9-1-2-10-22(21)23(17)24/h3-8,11,17H,1-2,9-10,12H2/q+1. The summed E-state index contributed by atoms with van der Waals surface area (Å²) in [5.41, 5.74) is 1.78. The Morgan fingerprint density at radius 2 is 1.96 bits per heavy atom. The molecule has 1 atom stereocenters. The van der Waals surface area contributed by atoms with Crippen LogP contribution in [0.25, 0.3) is 0 Å². The highest BCUT2D eigenvalue weighted by Crippen LogP contribution is 2.32. The van der Waals surface area contributed by atoms with E-state index in [-0.39, 0.29) is 0 Å². The molecule has 0 bridgehead atoms. The maximum atomic E-state index is 12.6. The Hall–Kier alpha value is -2.25. The number of pyridine rings is 1. The zero-order valence-electron chi connectivity index (χ0n) is 14.0. The number of ether oxygens (including phenoxy) is 1. The van der Waals surface area contributed by atoms with Gasteiger partial charge in [0.05, 0.1) is 10.5 Å². The number of nitroso groups, excluding NO2 is 1. The fraction of sp³-hybridized carbons (Fsp3) is 0.333. The molecular formula is C18H18ClN4O2S+. The Labute approximate surface area is 161 Å². The fourth-order valence-corrected chi connectivity index (χ4v) is 3.73. The highest BCUT2D eigenvalue weighted by atomic mass is 35.5. The topological polar surface area (TPSA) is 48.7 Å². The van der Waals surface area contributed by atoms with Crippen molar-refractivity contribution in [3.63, 3.8) is 0 Å². The summed E-state index contributed by atoms with van der Waals surface area (Å²) in [5.74, 6) is 0.503. The van der Waals surface area contributed by atoms with E-state index in [2.05, 4.69) is 4.98 Å². The number of hydrogen-bond donors (Lipinski definition) is 0. The Kier molecular flexibility index (Phi) is 4.74. The molecule has 1 aromatic heterocycles. The van der Waals surface area contributed by atoms with Gasteiger partial charge in [-0.2, -0.15) is 0 Å². The molecule has 2 aromatic rings. The van der Waals surface area contributed by atoms with Gasteiger partial charge in [-0.3, -0.25) is 0 Å². The lowest BCUT2D eigenvalue weighted by atomic mass is 10.1. The molecule has 6 nitrogen and oxygen atoms in total. The lowest BCUT2D eigenvalue weighted by Crippen LogP contribution is -2.45. The van der Waals surface area contributed by atoms with Gasteiger partial charge in [0, 0.05) is 23.8 Å². The summed E-state index contributed by atoms with van der Waals surface area (Å²) in [6.07, 6.45) is 3.71. The van der Waals surface area contributed by atoms with Gasteiger partial charge in [0.2, 0.25) is 5.88 Å². The maximum absolute atomic E-state index is 12.6. The smallest absolute Gasteiger partial charge is 0.314 e. The van der Waals surface area contributed by atoms with E-state index in [9.17, 15) is 4.91 Å². The number of halogens is 1. The van der Waals surface area contributed by atoms with Gasteiger partial charge in [0.1, 0.15) is 13.2 Å². The summed E-state index contributed by atoms with van der Waals surface area (Å²) in [4.78, 5) is 18.5. The highest BCUT2D eigenvalue weighted by Gasteiger charge is 2.52. The second-order valence-corrected chi connectivity index (χ2v) is 7.17. The molecular weight excluding hydrogens is 372 g/mol. The lowest BCUT2D eigenvalue weighted by Gasteiger charge is -2.25. The second kappa shape index (κ2) is 7.17. The van der Waals surface area contributed by atoms with Crippen molar-refractivity contribution in [2.24, 2.45) is 0 Å². The van der Waals surface area contributed by atoms with Gasteiger partial charge in [-0.05, 0) is 41.7 Å². The predicted molar refractivity (Wildman–Crippen MR) is 102 cm³/mol. The third-order valence-corrected chi connectivity index (χ3v) is 5.25. The average molecular weight is 390 g/mol. The summed E-state index contributed by atoms with van der Waals surface area (Å²) in [5, 5.41) is 4.29. The van der Waals surface area contributed by atoms with Gasteiger partial charge < -0.3 is 4.74 Å². The van der Waals surface area contributed by atoms with Gasteiger partial charge in [0.15, 0.2) is 9.86 Å². The first-order valence-corrected chi connectivity index (χ1v) is 9.30. The van der Waals surface area contributed by atoms with E-state index in [1.807, 2.05) is 35.3 Å². The van der Waals surface area contributed by atoms with Crippen LogP contribution in [0.2, 0.25) is 5.02 Å². The predicted octanol–water partition coefficient (Wildman–Crippen LogP) is 3.70. The molecule has 2 saturated heterocycles. The minimum absolute atomic E-state index is 0.403. The van der Waals surface area contributed by atoms with Gasteiger partial charge in [-0.25, -0.2) is 9.99 Å². The normalized spacial score (nSPS) is 19.7. The molecule has 0 spiro atoms. The van der Waals surface area contributed by atoms with Crippen molar-refractivity contribution in [1.29, 1.82) is 0 Å². The van der Waals surface area contributed by atoms with Gasteiger partial charge >= 0.3 is 6.04 Å². The number of rotatable bonds is 4. The van der Waals surface area contributed by atoms with Crippen LogP contribution in [0.5, 0.6) is 5.88 Å². The third kappa shape index (κ3) is 3.24. The first kappa shape index (κ1) is 17.2. The zero-order valence-corrected chi connectivity index (χ0v) is 15.6. The average Bonchev–Trinajstić information content (AvgIpc) is 2.93. The molecule has 2 aliphatic heterocycles. The number of hydrogen-bond acceptors (Lipinski definition) is 4. The van der Waals surface area contributed by atoms with Gasteiger partial charge in [-0.1, -0.05) is 36.0 Å². The summed E-state index contributed by atoms with van der Waals surface area (Å²) in [6.45, 7) is 1.90. The van der Waals surface area contributed by atoms with Crippen LogP contribution >= 0.6 is 23.8 Å². The molecule has 0 N–H and O–H groups in total. The van der Waals surface area contributed by atoms with Gasteiger partial charge in [0.25, 0.3) is 0 Å². The van der Waals surface area contributed by atoms with Crippen molar-refractivity contribution in [3.8, 4) is 5.88 Å². The summed E-state index contributed by atoms with van der Waals surface area (Å²) >= 11 is 11.4. The van der Waals surface area contributed by atoms with E-state index < -0.39 is 6.04 Å². The molecule has 0 saturated carbocycles. The van der Waals surface area contributed by atoms with Crippen LogP contribution in [0.15, 0.2) is 42.6 Å². The van der Waals surface area contributed by atoms with Crippen LogP contribution in [0.4, 0.5) is 0 Å². The molecule has 2 fully saturated rings. The molecule has 1 aromatic carbocycles. The number of thiocarbonyl (C=S) groups is 1. The highest BCUT2D eigenvalue weighted by molar-refractivity contribution is 7.80. The second-order valence-electron chi connectivity index (χ2n) is 6.31. The molecule has 8 heteroatoms. The third-order valence-electron chi connectivity index (χ3n) is 4.57. The number of aromatic nitrogens is 1. The molecule has 3 heterocycles. The van der Waals surface area contributed by atoms with E-state index in [0.717, 1.165) is 35.4 Å². The van der Waals surface area contributed by atoms with E-state index in [0.29, 0.717) is 29.0 Å². The van der Waals surface area contributed by atoms with Crippen LogP contribution in [0.1, 0.15) is 30.0 Å². The van der Waals surface area contributed by atoms with E-state index >= 15 is 0 Å². The van der Waals surface area contributed by atoms with Crippen molar-refractivity contribution in [2.45, 2.75) is 25.5 Å². The SMILES string of the molecule is O=[N+]1C(c2ccc(OCc3ccc(Cl)cc3)nc2)C(=S)N2CCCCN21. The molecule has 0 aliphatic carbocycles. The molecule has 1 unspecified atom stereocenters. The Balaban J connectivity index is 1.45. The first-order chi connectivity index (χ1) is 12.6. The zero-order chi connectivity index (χ0) is 18.1. The van der Waals surface area contributed by atoms with Gasteiger partial charge in [-0.15, -0.1) is 0 Å². The number of fused-ring (bicyclic) bond motifs is 1. The van der Waals surface area contributed by atoms with Crippen LogP contribution in [-0.2, 0) is 6.61 Å². The van der Waals surface area contributed by atoms with E-state index in [1.54, 1.807) is 17.4 Å². The molecule has 0 amide bonds. The van der Waals surface area contributed by atoms with Crippen LogP contribution < -0.4 is 4.74 Å². The lowest BCUT2D eigenvalue weighted by molar-refractivity contribution is -0.740. The quantitative estimate of drug-likeness (QED) is 0.587. The molecule has 4 rings (SSSR count). The Bertz CT molecular complexity index is 804. The van der Waals surface area contributed by atoms with Crippen molar-refractivity contribution in [3.05, 3.63) is 63.7 Å². The monoisotopic (exact) mass is 389 g/mol. The van der Waals surface area contributed by atoms with Crippen LogP contribution in [-0.4, -0.2) is 38.1 Å². The minimum atomic E-state index is -0.499. The summed E-state index contributed by atoms with van der Waals surface area (Å²) in [7, 11) is 0.